The maximum absolute atomic E-state index is 6.33. The molecule has 0 saturated carbocycles. The van der Waals surface area contributed by atoms with Gasteiger partial charge in [0.2, 0.25) is 0 Å². The van der Waals surface area contributed by atoms with Crippen molar-refractivity contribution in [2.45, 2.75) is 40.0 Å². The van der Waals surface area contributed by atoms with E-state index >= 15 is 0 Å². The molecule has 2 heteroatoms. The second-order valence-corrected chi connectivity index (χ2v) is 12.2. The van der Waals surface area contributed by atoms with E-state index in [1.165, 1.54) is 44.2 Å². The van der Waals surface area contributed by atoms with Crippen molar-refractivity contribution in [2.75, 3.05) is 0 Å². The summed E-state index contributed by atoms with van der Waals surface area (Å²) in [5, 5.41) is 4.74. The third-order valence-corrected chi connectivity index (χ3v) is 8.34. The number of para-hydroxylation sites is 2. The summed E-state index contributed by atoms with van der Waals surface area (Å²) in [5.74, 6) is 0. The largest absolute Gasteiger partial charge is 0.455 e. The Bertz CT molecular complexity index is 2090. The van der Waals surface area contributed by atoms with Crippen molar-refractivity contribution in [3.8, 4) is 33.5 Å². The molecule has 5 aromatic carbocycles. The minimum Gasteiger partial charge on any atom is -0.455 e. The first-order chi connectivity index (χ1) is 19.8. The van der Waals surface area contributed by atoms with Gasteiger partial charge < -0.3 is 4.42 Å². The topological polar surface area (TPSA) is 26.0 Å². The summed E-state index contributed by atoms with van der Waals surface area (Å²) in [6.45, 7) is 11.1. The van der Waals surface area contributed by atoms with Crippen molar-refractivity contribution >= 4 is 32.7 Å². The number of rotatable bonds is 3. The Morgan fingerprint density at radius 2 is 1.32 bits per heavy atom. The third kappa shape index (κ3) is 4.40. The molecule has 2 nitrogen and oxygen atoms in total. The Morgan fingerprint density at radius 1 is 0.585 bits per heavy atom. The molecule has 0 radical (unpaired) electrons. The van der Waals surface area contributed by atoms with Crippen LogP contribution in [0.1, 0.15) is 37.5 Å². The molecule has 7 aromatic rings. The van der Waals surface area contributed by atoms with Crippen molar-refractivity contribution < 1.29 is 4.42 Å². The highest BCUT2D eigenvalue weighted by Crippen LogP contribution is 2.38. The minimum absolute atomic E-state index is 0.152. The van der Waals surface area contributed by atoms with Gasteiger partial charge in [-0.25, -0.2) is 0 Å². The molecule has 200 valence electrons. The summed E-state index contributed by atoms with van der Waals surface area (Å²) >= 11 is 0. The van der Waals surface area contributed by atoms with E-state index in [0.29, 0.717) is 0 Å². The number of aromatic nitrogens is 1. The van der Waals surface area contributed by atoms with Crippen LogP contribution in [0.2, 0.25) is 0 Å². The predicted molar refractivity (Wildman–Crippen MR) is 174 cm³/mol. The maximum atomic E-state index is 6.33. The normalized spacial score (nSPS) is 12.0. The summed E-state index contributed by atoms with van der Waals surface area (Å²) in [4.78, 5) is 4.85. The number of nitrogens with zero attached hydrogens (tertiary/aromatic N) is 1. The Labute approximate surface area is 241 Å². The van der Waals surface area contributed by atoms with E-state index in [0.717, 1.165) is 38.8 Å². The lowest BCUT2D eigenvalue weighted by atomic mass is 9.86. The van der Waals surface area contributed by atoms with Crippen molar-refractivity contribution in [1.29, 1.82) is 0 Å². The fourth-order valence-corrected chi connectivity index (χ4v) is 5.95. The molecule has 0 unspecified atom stereocenters. The molecule has 0 amide bonds. The monoisotopic (exact) mass is 531 g/mol. The molecule has 2 aromatic heterocycles. The van der Waals surface area contributed by atoms with E-state index in [1.54, 1.807) is 0 Å². The van der Waals surface area contributed by atoms with Gasteiger partial charge in [-0.15, -0.1) is 0 Å². The second-order valence-electron chi connectivity index (χ2n) is 12.2. The second kappa shape index (κ2) is 9.45. The van der Waals surface area contributed by atoms with Gasteiger partial charge in [0.15, 0.2) is 0 Å². The molecule has 0 saturated heterocycles. The molecule has 0 bridgehead atoms. The number of pyridine rings is 1. The number of fused-ring (bicyclic) bond motifs is 4. The van der Waals surface area contributed by atoms with Crippen LogP contribution in [0.15, 0.2) is 114 Å². The molecule has 0 aliphatic carbocycles. The number of hydrogen-bond donors (Lipinski definition) is 0. The van der Waals surface area contributed by atoms with Crippen molar-refractivity contribution in [3.05, 3.63) is 126 Å². The quantitative estimate of drug-likeness (QED) is 0.227. The van der Waals surface area contributed by atoms with Crippen LogP contribution in [0.5, 0.6) is 0 Å². The van der Waals surface area contributed by atoms with Crippen LogP contribution < -0.4 is 0 Å². The summed E-state index contributed by atoms with van der Waals surface area (Å²) in [7, 11) is 0. The van der Waals surface area contributed by atoms with Gasteiger partial charge in [0.1, 0.15) is 11.2 Å². The number of furan rings is 1. The first-order valence-electron chi connectivity index (χ1n) is 14.3. The van der Waals surface area contributed by atoms with E-state index in [9.17, 15) is 0 Å². The Kier molecular flexibility index (Phi) is 5.83. The standard InChI is InChI=1S/C39H33NO/c1-24-19-29-20-27(26-15-17-30(18-16-26)39(3,4)5)13-14-28(29)21-34(24)35-22-36(40-23-25(35)2)33-11-8-10-32-31-9-6-7-12-37(31)41-38(32)33/h6-23H,1-5H3. The first-order valence-corrected chi connectivity index (χ1v) is 14.3. The summed E-state index contributed by atoms with van der Waals surface area (Å²) in [5.41, 5.74) is 12.5. The Balaban J connectivity index is 1.30. The molecule has 0 spiro atoms. The van der Waals surface area contributed by atoms with Gasteiger partial charge in [0.25, 0.3) is 0 Å². The van der Waals surface area contributed by atoms with E-state index in [1.807, 2.05) is 18.3 Å². The lowest BCUT2D eigenvalue weighted by Crippen LogP contribution is -2.10. The van der Waals surface area contributed by atoms with Crippen LogP contribution >= 0.6 is 0 Å². The summed E-state index contributed by atoms with van der Waals surface area (Å²) < 4.78 is 6.33. The predicted octanol–water partition coefficient (Wildman–Crippen LogP) is 11.0. The van der Waals surface area contributed by atoms with E-state index < -0.39 is 0 Å². The molecule has 0 N–H and O–H groups in total. The average Bonchev–Trinajstić information content (AvgIpc) is 3.36. The van der Waals surface area contributed by atoms with E-state index in [-0.39, 0.29) is 5.41 Å². The van der Waals surface area contributed by atoms with E-state index in [4.69, 9.17) is 9.40 Å². The van der Waals surface area contributed by atoms with Gasteiger partial charge in [-0.1, -0.05) is 93.6 Å². The lowest BCUT2D eigenvalue weighted by Gasteiger charge is -2.19. The third-order valence-electron chi connectivity index (χ3n) is 8.34. The average molecular weight is 532 g/mol. The number of benzene rings is 5. The molecule has 0 aliphatic heterocycles. The van der Waals surface area contributed by atoms with Gasteiger partial charge in [0.05, 0.1) is 5.69 Å². The van der Waals surface area contributed by atoms with Crippen molar-refractivity contribution in [3.63, 3.8) is 0 Å². The molecule has 0 fully saturated rings. The molecular weight excluding hydrogens is 498 g/mol. The first kappa shape index (κ1) is 25.3. The number of hydrogen-bond acceptors (Lipinski definition) is 2. The van der Waals surface area contributed by atoms with Crippen molar-refractivity contribution in [2.24, 2.45) is 0 Å². The summed E-state index contributed by atoms with van der Waals surface area (Å²) in [6.07, 6.45) is 1.99. The van der Waals surface area contributed by atoms with Crippen molar-refractivity contribution in [1.82, 2.24) is 4.98 Å². The molecule has 7 rings (SSSR count). The maximum Gasteiger partial charge on any atom is 0.144 e. The highest BCUT2D eigenvalue weighted by molar-refractivity contribution is 6.09. The molecule has 0 atom stereocenters. The van der Waals surface area contributed by atoms with Crippen LogP contribution in [0.4, 0.5) is 0 Å². The highest BCUT2D eigenvalue weighted by atomic mass is 16.3. The minimum atomic E-state index is 0.152. The van der Waals surface area contributed by atoms with Crippen LogP contribution in [-0.4, -0.2) is 4.98 Å². The van der Waals surface area contributed by atoms with Gasteiger partial charge in [-0.05, 0) is 99.3 Å². The van der Waals surface area contributed by atoms with Crippen LogP contribution in [0, 0.1) is 13.8 Å². The highest BCUT2D eigenvalue weighted by Gasteiger charge is 2.16. The van der Waals surface area contributed by atoms with Crippen LogP contribution in [0.3, 0.4) is 0 Å². The number of aryl methyl sites for hydroxylation is 2. The Hall–Kier alpha value is -4.69. The van der Waals surface area contributed by atoms with E-state index in [2.05, 4.69) is 126 Å². The zero-order chi connectivity index (χ0) is 28.3. The fraction of sp³-hybridized carbons (Fsp3) is 0.154. The molecular formula is C39H33NO. The SMILES string of the molecule is Cc1cnc(-c2cccc3c2oc2ccccc23)cc1-c1cc2ccc(-c3ccc(C(C)(C)C)cc3)cc2cc1C. The van der Waals surface area contributed by atoms with Gasteiger partial charge in [0, 0.05) is 22.5 Å². The van der Waals surface area contributed by atoms with Gasteiger partial charge in [-0.2, -0.15) is 0 Å². The van der Waals surface area contributed by atoms with Crippen LogP contribution in [0.25, 0.3) is 66.2 Å². The lowest BCUT2D eigenvalue weighted by molar-refractivity contribution is 0.590. The summed E-state index contributed by atoms with van der Waals surface area (Å²) in [6, 6.07) is 37.2. The smallest absolute Gasteiger partial charge is 0.144 e. The Morgan fingerprint density at radius 3 is 2.12 bits per heavy atom. The zero-order valence-electron chi connectivity index (χ0n) is 24.2. The van der Waals surface area contributed by atoms with Gasteiger partial charge >= 0.3 is 0 Å². The molecule has 41 heavy (non-hydrogen) atoms. The van der Waals surface area contributed by atoms with Gasteiger partial charge in [-0.3, -0.25) is 4.98 Å². The zero-order valence-corrected chi connectivity index (χ0v) is 24.2. The fourth-order valence-electron chi connectivity index (χ4n) is 5.95. The molecule has 0 aliphatic rings. The van der Waals surface area contributed by atoms with Crippen LogP contribution in [-0.2, 0) is 5.41 Å². The molecule has 2 heterocycles.